The summed E-state index contributed by atoms with van der Waals surface area (Å²) in [4.78, 5) is 45.1. The van der Waals surface area contributed by atoms with Gasteiger partial charge >= 0.3 is 0 Å². The van der Waals surface area contributed by atoms with Crippen LogP contribution in [0.3, 0.4) is 0 Å². The van der Waals surface area contributed by atoms with E-state index >= 15 is 4.11 Å². The summed E-state index contributed by atoms with van der Waals surface area (Å²) in [7, 11) is -3.48. The number of nitrogens with one attached hydrogen (secondary N) is 2. The smallest absolute Gasteiger partial charge is 0.264 e. The standard InChI is InChI=1S/C37H55FN4O5Si/c1-24(2)10-7-11-25(3)16-19-42-31-15-14-28(40-35(45)27-12-8-17-39-22-27)20-30(31)37(36(42)46)26(4)34(48(5,6)38)32(47-37)21-33(44)41-18-9-13-29(41)23-43/h10,14-16,20,26-27,29,32,34,39,43H,7-9,11-13,17-19,21-23H2,1-6H3,(H,40,45)/b25-16+/t26-,27?,29-,32+,34-,37+/m0/s1. The maximum Gasteiger partial charge on any atom is 0.264 e. The minimum atomic E-state index is -3.48. The van der Waals surface area contributed by atoms with Gasteiger partial charge in [0.05, 0.1) is 36.8 Å². The van der Waals surface area contributed by atoms with Crippen molar-refractivity contribution in [2.45, 2.75) is 109 Å². The topological polar surface area (TPSA) is 111 Å². The van der Waals surface area contributed by atoms with Crippen molar-refractivity contribution in [3.63, 3.8) is 0 Å². The third-order valence-electron chi connectivity index (χ3n) is 10.9. The molecule has 264 valence electrons. The Hall–Kier alpha value is -2.86. The summed E-state index contributed by atoms with van der Waals surface area (Å²) in [5.74, 6) is -1.21. The van der Waals surface area contributed by atoms with Gasteiger partial charge in [-0.3, -0.25) is 14.4 Å². The van der Waals surface area contributed by atoms with Crippen molar-refractivity contribution in [3.05, 3.63) is 47.1 Å². The molecule has 1 unspecified atom stereocenters. The van der Waals surface area contributed by atoms with Crippen molar-refractivity contribution in [2.24, 2.45) is 11.8 Å². The molecular formula is C37H55FN4O5Si. The minimum absolute atomic E-state index is 0.0509. The fourth-order valence-electron chi connectivity index (χ4n) is 8.41. The first-order valence-corrected chi connectivity index (χ1v) is 20.8. The van der Waals surface area contributed by atoms with E-state index in [0.29, 0.717) is 36.6 Å². The zero-order valence-corrected chi connectivity index (χ0v) is 30.6. The van der Waals surface area contributed by atoms with Gasteiger partial charge in [-0.25, -0.2) is 0 Å². The Morgan fingerprint density at radius 2 is 1.96 bits per heavy atom. The average Bonchev–Trinajstić information content (AvgIpc) is 3.70. The zero-order chi connectivity index (χ0) is 34.8. The molecule has 3 saturated heterocycles. The average molecular weight is 683 g/mol. The lowest BCUT2D eigenvalue weighted by Crippen LogP contribution is -2.45. The SMILES string of the molecule is CC(C)=CCC/C(C)=C/CN1C(=O)[C@]2(O[C@H](CC(=O)N3CCC[C@H]3CO)[C@@H]([Si](C)(C)F)[C@@H]2C)c2cc(NC(=O)C3CCCNC3)ccc21. The van der Waals surface area contributed by atoms with Crippen LogP contribution >= 0.6 is 0 Å². The number of carbonyl (C=O) groups is 3. The number of allylic oxidation sites excluding steroid dienone is 3. The zero-order valence-electron chi connectivity index (χ0n) is 29.6. The molecule has 4 heterocycles. The molecule has 4 aliphatic heterocycles. The van der Waals surface area contributed by atoms with Crippen molar-refractivity contribution >= 4 is 37.5 Å². The number of piperidine rings is 1. The number of carbonyl (C=O) groups excluding carboxylic acids is 3. The molecule has 0 aliphatic carbocycles. The number of fused-ring (bicyclic) bond motifs is 2. The van der Waals surface area contributed by atoms with Crippen molar-refractivity contribution < 1.29 is 28.3 Å². The van der Waals surface area contributed by atoms with Crippen LogP contribution in [0.4, 0.5) is 15.5 Å². The summed E-state index contributed by atoms with van der Waals surface area (Å²) >= 11 is 0. The number of hydrogen-bond acceptors (Lipinski definition) is 6. The highest BCUT2D eigenvalue weighted by molar-refractivity contribution is 6.72. The molecular weight excluding hydrogens is 628 g/mol. The molecule has 0 aromatic heterocycles. The first-order valence-electron chi connectivity index (χ1n) is 17.8. The number of likely N-dealkylation sites (tertiary alicyclic amines) is 1. The molecule has 3 amide bonds. The van der Waals surface area contributed by atoms with E-state index < -0.39 is 31.6 Å². The van der Waals surface area contributed by atoms with Gasteiger partial charge in [0, 0.05) is 42.3 Å². The van der Waals surface area contributed by atoms with Gasteiger partial charge in [0.25, 0.3) is 5.91 Å². The molecule has 6 atom stereocenters. The summed E-state index contributed by atoms with van der Waals surface area (Å²) in [6.07, 6.45) is 8.48. The number of amides is 3. The second-order valence-electron chi connectivity index (χ2n) is 15.1. The van der Waals surface area contributed by atoms with Gasteiger partial charge in [-0.05, 0) is 97.1 Å². The van der Waals surface area contributed by atoms with E-state index in [1.807, 2.05) is 25.1 Å². The van der Waals surface area contributed by atoms with E-state index in [-0.39, 0.29) is 42.7 Å². The highest BCUT2D eigenvalue weighted by Gasteiger charge is 2.67. The van der Waals surface area contributed by atoms with Crippen molar-refractivity contribution in [2.75, 3.05) is 43.0 Å². The van der Waals surface area contributed by atoms with Crippen LogP contribution in [-0.4, -0.2) is 81.1 Å². The van der Waals surface area contributed by atoms with Gasteiger partial charge < -0.3 is 34.4 Å². The molecule has 0 saturated carbocycles. The lowest BCUT2D eigenvalue weighted by atomic mass is 9.82. The van der Waals surface area contributed by atoms with E-state index in [2.05, 4.69) is 43.6 Å². The third-order valence-corrected chi connectivity index (χ3v) is 13.4. The molecule has 11 heteroatoms. The molecule has 0 radical (unpaired) electrons. The van der Waals surface area contributed by atoms with Gasteiger partial charge in [-0.15, -0.1) is 0 Å². The summed E-state index contributed by atoms with van der Waals surface area (Å²) in [5, 5.41) is 16.2. The Morgan fingerprint density at radius 1 is 1.19 bits per heavy atom. The maximum absolute atomic E-state index is 16.4. The number of ether oxygens (including phenoxy) is 1. The number of hydrogen-bond donors (Lipinski definition) is 3. The largest absolute Gasteiger partial charge is 0.394 e. The molecule has 9 nitrogen and oxygen atoms in total. The molecule has 0 bridgehead atoms. The van der Waals surface area contributed by atoms with Gasteiger partial charge in [0.1, 0.15) is 0 Å². The van der Waals surface area contributed by atoms with Crippen LogP contribution < -0.4 is 15.5 Å². The number of benzene rings is 1. The van der Waals surface area contributed by atoms with Crippen LogP contribution in [0.1, 0.15) is 78.2 Å². The quantitative estimate of drug-likeness (QED) is 0.154. The highest BCUT2D eigenvalue weighted by Crippen LogP contribution is 2.60. The monoisotopic (exact) mass is 682 g/mol. The lowest BCUT2D eigenvalue weighted by molar-refractivity contribution is -0.149. The number of nitrogens with zero attached hydrogens (tertiary/aromatic N) is 2. The number of aliphatic hydroxyl groups excluding tert-OH is 1. The Balaban J connectivity index is 1.51. The minimum Gasteiger partial charge on any atom is -0.394 e. The predicted molar refractivity (Wildman–Crippen MR) is 190 cm³/mol. The van der Waals surface area contributed by atoms with E-state index in [9.17, 15) is 19.5 Å². The first-order chi connectivity index (χ1) is 22.8. The lowest BCUT2D eigenvalue weighted by Gasteiger charge is -2.31. The van der Waals surface area contributed by atoms with Crippen LogP contribution in [0.5, 0.6) is 0 Å². The van der Waals surface area contributed by atoms with E-state index in [4.69, 9.17) is 4.74 Å². The molecule has 5 rings (SSSR count). The van der Waals surface area contributed by atoms with E-state index in [1.54, 1.807) is 22.9 Å². The molecule has 1 aromatic rings. The van der Waals surface area contributed by atoms with Crippen molar-refractivity contribution in [1.82, 2.24) is 10.2 Å². The number of aliphatic hydroxyl groups is 1. The fourth-order valence-corrected chi connectivity index (χ4v) is 10.9. The molecule has 48 heavy (non-hydrogen) atoms. The second kappa shape index (κ2) is 14.9. The Labute approximate surface area is 286 Å². The van der Waals surface area contributed by atoms with Crippen LogP contribution in [0, 0.1) is 11.8 Å². The number of anilines is 2. The summed E-state index contributed by atoms with van der Waals surface area (Å²) in [6.45, 7) is 13.7. The third kappa shape index (κ3) is 7.34. The normalized spacial score (nSPS) is 29.0. The molecule has 3 N–H and O–H groups in total. The molecule has 1 aromatic carbocycles. The Kier molecular flexibility index (Phi) is 11.3. The van der Waals surface area contributed by atoms with Crippen LogP contribution in [0.2, 0.25) is 18.6 Å². The molecule has 4 aliphatic rings. The van der Waals surface area contributed by atoms with Crippen molar-refractivity contribution in [3.8, 4) is 0 Å². The Bertz CT molecular complexity index is 1430. The van der Waals surface area contributed by atoms with Crippen LogP contribution in [0.15, 0.2) is 41.5 Å². The van der Waals surface area contributed by atoms with E-state index in [0.717, 1.165) is 50.6 Å². The second-order valence-corrected chi connectivity index (χ2v) is 18.9. The van der Waals surface area contributed by atoms with Gasteiger partial charge in [-0.2, -0.15) is 0 Å². The van der Waals surface area contributed by atoms with Gasteiger partial charge in [-0.1, -0.05) is 30.2 Å². The van der Waals surface area contributed by atoms with Crippen LogP contribution in [-0.2, 0) is 24.7 Å². The molecule has 1 spiro atoms. The van der Waals surface area contributed by atoms with Crippen LogP contribution in [0.25, 0.3) is 0 Å². The van der Waals surface area contributed by atoms with Gasteiger partial charge in [0.2, 0.25) is 20.2 Å². The van der Waals surface area contributed by atoms with E-state index in [1.165, 1.54) is 5.57 Å². The number of rotatable bonds is 11. The summed E-state index contributed by atoms with van der Waals surface area (Å²) < 4.78 is 23.2. The first kappa shape index (κ1) is 36.4. The summed E-state index contributed by atoms with van der Waals surface area (Å²) in [5.41, 5.74) is 2.17. The fraction of sp³-hybridized carbons (Fsp3) is 0.649. The summed E-state index contributed by atoms with van der Waals surface area (Å²) in [6, 6.07) is 5.27. The molecule has 3 fully saturated rings. The predicted octanol–water partition coefficient (Wildman–Crippen LogP) is 5.81. The van der Waals surface area contributed by atoms with Crippen molar-refractivity contribution in [1.29, 1.82) is 0 Å². The number of halogens is 1. The maximum atomic E-state index is 16.4. The van der Waals surface area contributed by atoms with Gasteiger partial charge in [0.15, 0.2) is 5.60 Å². The highest BCUT2D eigenvalue weighted by atomic mass is 28.4. The Morgan fingerprint density at radius 3 is 2.62 bits per heavy atom.